The summed E-state index contributed by atoms with van der Waals surface area (Å²) in [7, 11) is -3.39. The zero-order chi connectivity index (χ0) is 16.4. The lowest BCUT2D eigenvalue weighted by Gasteiger charge is -2.42. The van der Waals surface area contributed by atoms with Crippen LogP contribution < -0.4 is 5.32 Å². The monoisotopic (exact) mass is 380 g/mol. The summed E-state index contributed by atoms with van der Waals surface area (Å²) in [6, 6.07) is 0.0235. The minimum absolute atomic E-state index is 0. The molecule has 0 aromatic carbocycles. The van der Waals surface area contributed by atoms with Crippen molar-refractivity contribution in [3.63, 3.8) is 0 Å². The van der Waals surface area contributed by atoms with Gasteiger partial charge in [-0.15, -0.1) is 12.4 Å². The predicted molar refractivity (Wildman–Crippen MR) is 95.3 cm³/mol. The van der Waals surface area contributed by atoms with E-state index in [0.717, 1.165) is 32.2 Å². The fraction of sp³-hybridized carbons (Fsp3) is 0.933. The first-order valence-electron chi connectivity index (χ1n) is 8.74. The highest BCUT2D eigenvalue weighted by atomic mass is 35.5. The van der Waals surface area contributed by atoms with Gasteiger partial charge in [0.25, 0.3) is 10.2 Å². The number of carbonyl (C=O) groups excluding carboxylic acids is 1. The highest BCUT2D eigenvalue weighted by Gasteiger charge is 2.38. The first kappa shape index (κ1) is 19.9. The standard InChI is InChI=1S/C15H28N4O3S.ClH/c1-13-4-2-7-17(11-13)23(21,22)18-8-3-5-14(12-18)19-9-6-16-10-15(19)20;/h13-14,16H,2-12H2,1H3;1H. The van der Waals surface area contributed by atoms with Gasteiger partial charge in [-0.05, 0) is 31.6 Å². The largest absolute Gasteiger partial charge is 0.336 e. The second-order valence-corrected chi connectivity index (χ2v) is 8.96. The van der Waals surface area contributed by atoms with E-state index in [1.165, 1.54) is 0 Å². The summed E-state index contributed by atoms with van der Waals surface area (Å²) in [6.45, 7) is 6.21. The normalized spacial score (nSPS) is 30.9. The van der Waals surface area contributed by atoms with E-state index in [1.807, 2.05) is 4.90 Å². The van der Waals surface area contributed by atoms with Crippen molar-refractivity contribution in [2.75, 3.05) is 45.8 Å². The van der Waals surface area contributed by atoms with Crippen molar-refractivity contribution in [3.05, 3.63) is 0 Å². The van der Waals surface area contributed by atoms with Crippen LogP contribution in [0.3, 0.4) is 0 Å². The van der Waals surface area contributed by atoms with Crippen LogP contribution in [0.15, 0.2) is 0 Å². The average molecular weight is 381 g/mol. The summed E-state index contributed by atoms with van der Waals surface area (Å²) in [5.41, 5.74) is 0. The summed E-state index contributed by atoms with van der Waals surface area (Å²) in [6.07, 6.45) is 3.76. The van der Waals surface area contributed by atoms with Gasteiger partial charge in [0.1, 0.15) is 0 Å². The molecular formula is C15H29ClN4O3S. The third kappa shape index (κ3) is 4.22. The van der Waals surface area contributed by atoms with Crippen molar-refractivity contribution in [1.29, 1.82) is 0 Å². The van der Waals surface area contributed by atoms with Crippen molar-refractivity contribution in [3.8, 4) is 0 Å². The third-order valence-electron chi connectivity index (χ3n) is 5.20. The molecule has 3 aliphatic rings. The molecule has 1 N–H and O–H groups in total. The Morgan fingerprint density at radius 3 is 2.38 bits per heavy atom. The molecule has 0 aromatic heterocycles. The van der Waals surface area contributed by atoms with E-state index in [0.29, 0.717) is 45.2 Å². The lowest BCUT2D eigenvalue weighted by molar-refractivity contribution is -0.135. The van der Waals surface area contributed by atoms with Gasteiger partial charge in [0.15, 0.2) is 0 Å². The predicted octanol–water partition coefficient (Wildman–Crippen LogP) is 0.281. The Balaban J connectivity index is 0.00000208. The van der Waals surface area contributed by atoms with Gasteiger partial charge in [0.05, 0.1) is 6.54 Å². The summed E-state index contributed by atoms with van der Waals surface area (Å²) in [4.78, 5) is 14.0. The van der Waals surface area contributed by atoms with Crippen LogP contribution in [0.4, 0.5) is 0 Å². The molecule has 3 fully saturated rings. The molecule has 0 bridgehead atoms. The van der Waals surface area contributed by atoms with E-state index in [1.54, 1.807) is 8.61 Å². The van der Waals surface area contributed by atoms with Crippen molar-refractivity contribution in [2.24, 2.45) is 5.92 Å². The fourth-order valence-electron chi connectivity index (χ4n) is 3.91. The molecule has 3 saturated heterocycles. The van der Waals surface area contributed by atoms with E-state index in [2.05, 4.69) is 12.2 Å². The van der Waals surface area contributed by atoms with Crippen LogP contribution in [0.5, 0.6) is 0 Å². The quantitative estimate of drug-likeness (QED) is 0.763. The Hall–Kier alpha value is -0.410. The molecule has 0 spiro atoms. The van der Waals surface area contributed by atoms with Crippen LogP contribution in [0.25, 0.3) is 0 Å². The molecule has 3 heterocycles. The van der Waals surface area contributed by atoms with Gasteiger partial charge < -0.3 is 10.2 Å². The minimum atomic E-state index is -3.39. The van der Waals surface area contributed by atoms with Crippen molar-refractivity contribution in [2.45, 2.75) is 38.6 Å². The van der Waals surface area contributed by atoms with Gasteiger partial charge in [-0.3, -0.25) is 4.79 Å². The minimum Gasteiger partial charge on any atom is -0.336 e. The molecular weight excluding hydrogens is 352 g/mol. The average Bonchev–Trinajstić information content (AvgIpc) is 2.55. The number of nitrogens with zero attached hydrogens (tertiary/aromatic N) is 3. The van der Waals surface area contributed by atoms with Crippen LogP contribution in [0.1, 0.15) is 32.6 Å². The highest BCUT2D eigenvalue weighted by Crippen LogP contribution is 2.25. The SMILES string of the molecule is CC1CCCN(S(=O)(=O)N2CCCC(N3CCNCC3=O)C2)C1.Cl. The van der Waals surface area contributed by atoms with Crippen LogP contribution >= 0.6 is 12.4 Å². The number of carbonyl (C=O) groups is 1. The zero-order valence-corrected chi connectivity index (χ0v) is 15.9. The highest BCUT2D eigenvalue weighted by molar-refractivity contribution is 7.86. The fourth-order valence-corrected chi connectivity index (χ4v) is 5.76. The molecule has 3 aliphatic heterocycles. The molecule has 2 atom stereocenters. The lowest BCUT2D eigenvalue weighted by Crippen LogP contribution is -2.59. The number of piperazine rings is 1. The number of rotatable bonds is 3. The molecule has 7 nitrogen and oxygen atoms in total. The van der Waals surface area contributed by atoms with E-state index in [-0.39, 0.29) is 24.4 Å². The summed E-state index contributed by atoms with van der Waals surface area (Å²) in [5, 5.41) is 3.07. The van der Waals surface area contributed by atoms with Gasteiger partial charge >= 0.3 is 0 Å². The van der Waals surface area contributed by atoms with Crippen molar-refractivity contribution in [1.82, 2.24) is 18.8 Å². The number of piperidine rings is 2. The first-order chi connectivity index (χ1) is 11.0. The Bertz CT molecular complexity index is 545. The van der Waals surface area contributed by atoms with E-state index in [9.17, 15) is 13.2 Å². The van der Waals surface area contributed by atoms with Crippen LogP contribution in [0, 0.1) is 5.92 Å². The Kier molecular flexibility index (Phi) is 6.90. The number of hydrogen-bond acceptors (Lipinski definition) is 4. The van der Waals surface area contributed by atoms with Crippen molar-refractivity contribution >= 4 is 28.5 Å². The molecule has 3 rings (SSSR count). The second-order valence-electron chi connectivity index (χ2n) is 7.03. The van der Waals surface area contributed by atoms with Crippen molar-refractivity contribution < 1.29 is 13.2 Å². The molecule has 0 radical (unpaired) electrons. The molecule has 1 amide bonds. The van der Waals surface area contributed by atoms with Gasteiger partial charge in [0.2, 0.25) is 5.91 Å². The van der Waals surface area contributed by atoms with E-state index >= 15 is 0 Å². The Morgan fingerprint density at radius 1 is 1.04 bits per heavy atom. The molecule has 2 unspecified atom stereocenters. The number of nitrogens with one attached hydrogen (secondary N) is 1. The summed E-state index contributed by atoms with van der Waals surface area (Å²) < 4.78 is 29.1. The Labute approximate surface area is 151 Å². The maximum atomic E-state index is 12.9. The van der Waals surface area contributed by atoms with Crippen LogP contribution in [-0.2, 0) is 15.0 Å². The van der Waals surface area contributed by atoms with Gasteiger partial charge in [-0.25, -0.2) is 0 Å². The smallest absolute Gasteiger partial charge is 0.282 e. The molecule has 0 saturated carbocycles. The number of amides is 1. The van der Waals surface area contributed by atoms with E-state index in [4.69, 9.17) is 0 Å². The summed E-state index contributed by atoms with van der Waals surface area (Å²) >= 11 is 0. The van der Waals surface area contributed by atoms with Gasteiger partial charge in [-0.2, -0.15) is 17.0 Å². The molecule has 24 heavy (non-hydrogen) atoms. The first-order valence-corrected chi connectivity index (χ1v) is 10.1. The lowest BCUT2D eigenvalue weighted by atomic mass is 10.0. The number of hydrogen-bond donors (Lipinski definition) is 1. The molecule has 0 aliphatic carbocycles. The Morgan fingerprint density at radius 2 is 1.71 bits per heavy atom. The second kappa shape index (κ2) is 8.31. The van der Waals surface area contributed by atoms with Gasteiger partial charge in [0, 0.05) is 45.3 Å². The maximum absolute atomic E-state index is 12.9. The van der Waals surface area contributed by atoms with Crippen LogP contribution in [-0.4, -0.2) is 79.7 Å². The maximum Gasteiger partial charge on any atom is 0.282 e. The van der Waals surface area contributed by atoms with Crippen LogP contribution in [0.2, 0.25) is 0 Å². The molecule has 9 heteroatoms. The third-order valence-corrected chi connectivity index (χ3v) is 7.17. The molecule has 0 aromatic rings. The zero-order valence-electron chi connectivity index (χ0n) is 14.3. The van der Waals surface area contributed by atoms with E-state index < -0.39 is 10.2 Å². The van der Waals surface area contributed by atoms with Gasteiger partial charge in [-0.1, -0.05) is 6.92 Å². The number of halogens is 1. The summed E-state index contributed by atoms with van der Waals surface area (Å²) in [5.74, 6) is 0.515. The molecule has 140 valence electrons. The topological polar surface area (TPSA) is 73.0 Å².